The molecule has 0 radical (unpaired) electrons. The van der Waals surface area contributed by atoms with Crippen LogP contribution in [0.2, 0.25) is 0 Å². The van der Waals surface area contributed by atoms with Crippen LogP contribution in [0.25, 0.3) is 0 Å². The molecule has 0 spiro atoms. The molecule has 0 saturated carbocycles. The lowest BCUT2D eigenvalue weighted by Crippen LogP contribution is -2.21. The maximum Gasteiger partial charge on any atom is 0.335 e. The van der Waals surface area contributed by atoms with Crippen molar-refractivity contribution >= 4 is 5.97 Å². The van der Waals surface area contributed by atoms with E-state index in [1.807, 2.05) is 0 Å². The quantitative estimate of drug-likeness (QED) is 0.497. The molecule has 0 bridgehead atoms. The van der Waals surface area contributed by atoms with Gasteiger partial charge in [0.2, 0.25) is 0 Å². The molecule has 0 aromatic heterocycles. The Morgan fingerprint density at radius 1 is 1.80 bits per heavy atom. The van der Waals surface area contributed by atoms with Crippen LogP contribution in [0.1, 0.15) is 6.42 Å². The summed E-state index contributed by atoms with van der Waals surface area (Å²) in [6.45, 7) is 0.236. The monoisotopic (exact) mass is 146 g/mol. The van der Waals surface area contributed by atoms with Gasteiger partial charge in [-0.05, 0) is 0 Å². The van der Waals surface area contributed by atoms with E-state index in [2.05, 4.69) is 4.74 Å². The van der Waals surface area contributed by atoms with E-state index in [1.54, 1.807) is 0 Å². The molecule has 0 unspecified atom stereocenters. The van der Waals surface area contributed by atoms with Gasteiger partial charge < -0.3 is 14.6 Å². The molecule has 4 nitrogen and oxygen atoms in total. The van der Waals surface area contributed by atoms with Gasteiger partial charge in [-0.1, -0.05) is 0 Å². The summed E-state index contributed by atoms with van der Waals surface area (Å²) in [5.74, 6) is -0.406. The van der Waals surface area contributed by atoms with E-state index < -0.39 is 18.2 Å². The standard InChI is InChI=1S/C6H10O4/c1-9-6(8)5-2-4(7)3-10-5/h4-5,7H,2-3H2,1H3/t4-,5-/m1/s1. The molecule has 10 heavy (non-hydrogen) atoms. The zero-order valence-corrected chi connectivity index (χ0v) is 5.74. The average molecular weight is 146 g/mol. The molecule has 2 atom stereocenters. The molecule has 1 rings (SSSR count). The Bertz CT molecular complexity index is 134. The zero-order valence-electron chi connectivity index (χ0n) is 5.74. The molecular formula is C6H10O4. The van der Waals surface area contributed by atoms with Crippen molar-refractivity contribution in [2.45, 2.75) is 18.6 Å². The molecule has 1 N–H and O–H groups in total. The Hall–Kier alpha value is -0.610. The highest BCUT2D eigenvalue weighted by atomic mass is 16.6. The third-order valence-electron chi connectivity index (χ3n) is 1.44. The first-order chi connectivity index (χ1) is 4.74. The lowest BCUT2D eigenvalue weighted by atomic mass is 10.2. The number of hydrogen-bond acceptors (Lipinski definition) is 4. The van der Waals surface area contributed by atoms with Crippen molar-refractivity contribution in [1.29, 1.82) is 0 Å². The molecule has 1 aliphatic rings. The van der Waals surface area contributed by atoms with E-state index in [1.165, 1.54) is 7.11 Å². The minimum Gasteiger partial charge on any atom is -0.467 e. The van der Waals surface area contributed by atoms with Gasteiger partial charge in [0.15, 0.2) is 6.10 Å². The molecule has 1 heterocycles. The van der Waals surface area contributed by atoms with Crippen LogP contribution in [0.3, 0.4) is 0 Å². The van der Waals surface area contributed by atoms with Crippen LogP contribution in [0, 0.1) is 0 Å². The first-order valence-corrected chi connectivity index (χ1v) is 3.11. The van der Waals surface area contributed by atoms with E-state index in [9.17, 15) is 4.79 Å². The largest absolute Gasteiger partial charge is 0.467 e. The van der Waals surface area contributed by atoms with Gasteiger partial charge in [0.05, 0.1) is 19.8 Å². The van der Waals surface area contributed by atoms with Crippen molar-refractivity contribution in [3.63, 3.8) is 0 Å². The third kappa shape index (κ3) is 1.46. The van der Waals surface area contributed by atoms with E-state index in [-0.39, 0.29) is 6.61 Å². The first-order valence-electron chi connectivity index (χ1n) is 3.11. The highest BCUT2D eigenvalue weighted by Crippen LogP contribution is 2.13. The van der Waals surface area contributed by atoms with E-state index >= 15 is 0 Å². The number of carbonyl (C=O) groups is 1. The minimum atomic E-state index is -0.556. The second kappa shape index (κ2) is 2.98. The van der Waals surface area contributed by atoms with E-state index in [0.717, 1.165) is 0 Å². The number of esters is 1. The fourth-order valence-electron chi connectivity index (χ4n) is 0.906. The maximum atomic E-state index is 10.7. The van der Waals surface area contributed by atoms with Crippen molar-refractivity contribution in [2.24, 2.45) is 0 Å². The molecule has 1 fully saturated rings. The van der Waals surface area contributed by atoms with Gasteiger partial charge in [-0.25, -0.2) is 4.79 Å². The fraction of sp³-hybridized carbons (Fsp3) is 0.833. The summed E-state index contributed by atoms with van der Waals surface area (Å²) in [5, 5.41) is 8.91. The van der Waals surface area contributed by atoms with Crippen molar-refractivity contribution in [1.82, 2.24) is 0 Å². The predicted molar refractivity (Wildman–Crippen MR) is 32.4 cm³/mol. The highest BCUT2D eigenvalue weighted by Gasteiger charge is 2.30. The summed E-state index contributed by atoms with van der Waals surface area (Å²) in [4.78, 5) is 10.7. The molecule has 58 valence electrons. The molecular weight excluding hydrogens is 136 g/mol. The highest BCUT2D eigenvalue weighted by molar-refractivity contribution is 5.74. The van der Waals surface area contributed by atoms with Crippen LogP contribution < -0.4 is 0 Å². The Kier molecular flexibility index (Phi) is 2.24. The number of ether oxygens (including phenoxy) is 2. The Labute approximate surface area is 58.7 Å². The normalized spacial score (nSPS) is 32.2. The molecule has 4 heteroatoms. The summed E-state index contributed by atoms with van der Waals surface area (Å²) >= 11 is 0. The van der Waals surface area contributed by atoms with Gasteiger partial charge in [0.25, 0.3) is 0 Å². The number of aliphatic hydroxyl groups excluding tert-OH is 1. The number of hydrogen-bond donors (Lipinski definition) is 1. The average Bonchev–Trinajstić information content (AvgIpc) is 2.34. The third-order valence-corrected chi connectivity index (χ3v) is 1.44. The van der Waals surface area contributed by atoms with Crippen LogP contribution in [-0.4, -0.2) is 37.0 Å². The second-order valence-electron chi connectivity index (χ2n) is 2.23. The smallest absolute Gasteiger partial charge is 0.335 e. The maximum absolute atomic E-state index is 10.7. The van der Waals surface area contributed by atoms with Gasteiger partial charge >= 0.3 is 5.97 Å². The summed E-state index contributed by atoms with van der Waals surface area (Å²) in [5.41, 5.74) is 0. The van der Waals surface area contributed by atoms with Crippen LogP contribution in [0.5, 0.6) is 0 Å². The Balaban J connectivity index is 2.37. The van der Waals surface area contributed by atoms with Crippen LogP contribution in [0.15, 0.2) is 0 Å². The first kappa shape index (κ1) is 7.50. The van der Waals surface area contributed by atoms with E-state index in [0.29, 0.717) is 6.42 Å². The van der Waals surface area contributed by atoms with Crippen LogP contribution >= 0.6 is 0 Å². The summed E-state index contributed by atoms with van der Waals surface area (Å²) < 4.78 is 9.30. The van der Waals surface area contributed by atoms with Crippen LogP contribution in [-0.2, 0) is 14.3 Å². The van der Waals surface area contributed by atoms with Crippen molar-refractivity contribution in [3.8, 4) is 0 Å². The van der Waals surface area contributed by atoms with Gasteiger partial charge in [-0.15, -0.1) is 0 Å². The topological polar surface area (TPSA) is 55.8 Å². The molecule has 0 amide bonds. The number of carbonyl (C=O) groups excluding carboxylic acids is 1. The van der Waals surface area contributed by atoms with Gasteiger partial charge in [0, 0.05) is 6.42 Å². The van der Waals surface area contributed by atoms with Gasteiger partial charge in [0.1, 0.15) is 0 Å². The number of aliphatic hydroxyl groups is 1. The lowest BCUT2D eigenvalue weighted by molar-refractivity contribution is -0.151. The Morgan fingerprint density at radius 3 is 2.90 bits per heavy atom. The van der Waals surface area contributed by atoms with E-state index in [4.69, 9.17) is 9.84 Å². The SMILES string of the molecule is COC(=O)[C@H]1C[C@@H](O)CO1. The molecule has 1 aliphatic heterocycles. The number of rotatable bonds is 1. The van der Waals surface area contributed by atoms with Crippen LogP contribution in [0.4, 0.5) is 0 Å². The van der Waals surface area contributed by atoms with Crippen molar-refractivity contribution < 1.29 is 19.4 Å². The van der Waals surface area contributed by atoms with Gasteiger partial charge in [-0.3, -0.25) is 0 Å². The minimum absolute atomic E-state index is 0.236. The van der Waals surface area contributed by atoms with Gasteiger partial charge in [-0.2, -0.15) is 0 Å². The molecule has 0 aliphatic carbocycles. The van der Waals surface area contributed by atoms with Crippen molar-refractivity contribution in [3.05, 3.63) is 0 Å². The predicted octanol–water partition coefficient (Wildman–Crippen LogP) is -0.691. The Morgan fingerprint density at radius 2 is 2.50 bits per heavy atom. The summed E-state index contributed by atoms with van der Waals surface area (Å²) in [6.07, 6.45) is -0.712. The summed E-state index contributed by atoms with van der Waals surface area (Å²) in [6, 6.07) is 0. The second-order valence-corrected chi connectivity index (χ2v) is 2.23. The number of methoxy groups -OCH3 is 1. The molecule has 1 saturated heterocycles. The zero-order chi connectivity index (χ0) is 7.56. The van der Waals surface area contributed by atoms with Crippen molar-refractivity contribution in [2.75, 3.05) is 13.7 Å². The molecule has 0 aromatic carbocycles. The summed E-state index contributed by atoms with van der Waals surface area (Å²) in [7, 11) is 1.30. The molecule has 0 aromatic rings. The lowest BCUT2D eigenvalue weighted by Gasteiger charge is -2.04. The fourth-order valence-corrected chi connectivity index (χ4v) is 0.906.